The number of carbonyl (C=O) groups is 2. The van der Waals surface area contributed by atoms with Crippen molar-refractivity contribution >= 4 is 27.8 Å². The molecule has 0 saturated carbocycles. The molecular formula is C15H18BrNO4. The van der Waals surface area contributed by atoms with Gasteiger partial charge in [-0.15, -0.1) is 0 Å². The number of methoxy groups -OCH3 is 1. The van der Waals surface area contributed by atoms with Gasteiger partial charge < -0.3 is 14.4 Å². The second kappa shape index (κ2) is 6.93. The van der Waals surface area contributed by atoms with Gasteiger partial charge in [0.1, 0.15) is 11.8 Å². The highest BCUT2D eigenvalue weighted by molar-refractivity contribution is 9.10. The highest BCUT2D eigenvalue weighted by atomic mass is 79.9. The fraction of sp³-hybridized carbons (Fsp3) is 0.467. The van der Waals surface area contributed by atoms with Crippen LogP contribution < -0.4 is 4.74 Å². The van der Waals surface area contributed by atoms with Crippen LogP contribution >= 0.6 is 15.9 Å². The number of likely N-dealkylation sites (tertiary alicyclic amines) is 1. The standard InChI is InChI=1S/C15H18BrNO4/c1-10-5-6-13(11(16)8-10)21-9-14(18)17-7-3-4-12(17)15(19)20-2/h5-6,8,12H,3-4,7,9H2,1-2H3. The Morgan fingerprint density at radius 2 is 2.19 bits per heavy atom. The Bertz CT molecular complexity index is 546. The Morgan fingerprint density at radius 1 is 1.43 bits per heavy atom. The molecule has 21 heavy (non-hydrogen) atoms. The number of ether oxygens (including phenoxy) is 2. The Labute approximate surface area is 132 Å². The number of nitrogens with zero attached hydrogens (tertiary/aromatic N) is 1. The van der Waals surface area contributed by atoms with Gasteiger partial charge in [-0.05, 0) is 53.4 Å². The number of hydrogen-bond acceptors (Lipinski definition) is 4. The second-order valence-electron chi connectivity index (χ2n) is 4.99. The highest BCUT2D eigenvalue weighted by Crippen LogP contribution is 2.26. The largest absolute Gasteiger partial charge is 0.483 e. The van der Waals surface area contributed by atoms with Crippen molar-refractivity contribution in [2.24, 2.45) is 0 Å². The van der Waals surface area contributed by atoms with Gasteiger partial charge in [-0.3, -0.25) is 4.79 Å². The summed E-state index contributed by atoms with van der Waals surface area (Å²) in [6, 6.07) is 5.17. The van der Waals surface area contributed by atoms with Crippen molar-refractivity contribution in [2.45, 2.75) is 25.8 Å². The Balaban J connectivity index is 1.96. The van der Waals surface area contributed by atoms with E-state index in [9.17, 15) is 9.59 Å². The zero-order valence-electron chi connectivity index (χ0n) is 12.1. The molecular weight excluding hydrogens is 338 g/mol. The Kier molecular flexibility index (Phi) is 5.22. The number of carbonyl (C=O) groups excluding carboxylic acids is 2. The van der Waals surface area contributed by atoms with Gasteiger partial charge in [0.05, 0.1) is 11.6 Å². The maximum Gasteiger partial charge on any atom is 0.328 e. The summed E-state index contributed by atoms with van der Waals surface area (Å²) in [4.78, 5) is 25.4. The first-order valence-corrected chi connectivity index (χ1v) is 7.58. The molecule has 1 amide bonds. The normalized spacial score (nSPS) is 17.7. The fourth-order valence-electron chi connectivity index (χ4n) is 2.39. The van der Waals surface area contributed by atoms with Gasteiger partial charge in [0, 0.05) is 6.54 Å². The minimum Gasteiger partial charge on any atom is -0.483 e. The molecule has 114 valence electrons. The van der Waals surface area contributed by atoms with Crippen LogP contribution in [0.5, 0.6) is 5.75 Å². The van der Waals surface area contributed by atoms with Crippen LogP contribution in [0.2, 0.25) is 0 Å². The summed E-state index contributed by atoms with van der Waals surface area (Å²) in [5.74, 6) is 0.0514. The Hall–Kier alpha value is -1.56. The van der Waals surface area contributed by atoms with Crippen molar-refractivity contribution in [1.29, 1.82) is 0 Å². The van der Waals surface area contributed by atoms with E-state index in [2.05, 4.69) is 15.9 Å². The van der Waals surface area contributed by atoms with E-state index in [-0.39, 0.29) is 18.5 Å². The molecule has 1 aromatic carbocycles. The first-order chi connectivity index (χ1) is 10.0. The van der Waals surface area contributed by atoms with Crippen molar-refractivity contribution in [3.63, 3.8) is 0 Å². The van der Waals surface area contributed by atoms with E-state index in [1.165, 1.54) is 12.0 Å². The average Bonchev–Trinajstić information content (AvgIpc) is 2.94. The van der Waals surface area contributed by atoms with E-state index >= 15 is 0 Å². The summed E-state index contributed by atoms with van der Waals surface area (Å²) in [6.45, 7) is 2.46. The number of amides is 1. The number of esters is 1. The monoisotopic (exact) mass is 355 g/mol. The van der Waals surface area contributed by atoms with E-state index in [1.54, 1.807) is 0 Å². The van der Waals surface area contributed by atoms with E-state index in [0.717, 1.165) is 16.5 Å². The molecule has 1 saturated heterocycles. The summed E-state index contributed by atoms with van der Waals surface area (Å²) in [5.41, 5.74) is 1.10. The number of hydrogen-bond donors (Lipinski definition) is 0. The molecule has 1 unspecified atom stereocenters. The third kappa shape index (κ3) is 3.75. The fourth-order valence-corrected chi connectivity index (χ4v) is 3.00. The summed E-state index contributed by atoms with van der Waals surface area (Å²) >= 11 is 3.40. The topological polar surface area (TPSA) is 55.8 Å². The molecule has 6 heteroatoms. The van der Waals surface area contributed by atoms with E-state index in [0.29, 0.717) is 18.7 Å². The number of halogens is 1. The van der Waals surface area contributed by atoms with Crippen molar-refractivity contribution in [3.8, 4) is 5.75 Å². The van der Waals surface area contributed by atoms with Gasteiger partial charge in [-0.2, -0.15) is 0 Å². The number of benzene rings is 1. The average molecular weight is 356 g/mol. The molecule has 5 nitrogen and oxygen atoms in total. The molecule has 0 aliphatic carbocycles. The zero-order chi connectivity index (χ0) is 15.4. The van der Waals surface area contributed by atoms with E-state index in [1.807, 2.05) is 25.1 Å². The lowest BCUT2D eigenvalue weighted by Crippen LogP contribution is -2.43. The summed E-state index contributed by atoms with van der Waals surface area (Å²) in [5, 5.41) is 0. The lowest BCUT2D eigenvalue weighted by atomic mass is 10.2. The van der Waals surface area contributed by atoms with E-state index < -0.39 is 6.04 Å². The van der Waals surface area contributed by atoms with Gasteiger partial charge in [-0.25, -0.2) is 4.79 Å². The van der Waals surface area contributed by atoms with Crippen LogP contribution in [0.4, 0.5) is 0 Å². The minimum atomic E-state index is -0.479. The SMILES string of the molecule is COC(=O)C1CCCN1C(=O)COc1ccc(C)cc1Br. The quantitative estimate of drug-likeness (QED) is 0.777. The lowest BCUT2D eigenvalue weighted by molar-refractivity contribution is -0.151. The van der Waals surface area contributed by atoms with Crippen molar-refractivity contribution in [1.82, 2.24) is 4.90 Å². The van der Waals surface area contributed by atoms with Crippen LogP contribution in [0.3, 0.4) is 0 Å². The van der Waals surface area contributed by atoms with Crippen LogP contribution in [-0.4, -0.2) is 43.1 Å². The first kappa shape index (κ1) is 15.8. The summed E-state index contributed by atoms with van der Waals surface area (Å²) < 4.78 is 11.1. The molecule has 0 N–H and O–H groups in total. The summed E-state index contributed by atoms with van der Waals surface area (Å²) in [7, 11) is 1.34. The van der Waals surface area contributed by atoms with Gasteiger partial charge >= 0.3 is 5.97 Å². The molecule has 0 bridgehead atoms. The molecule has 2 rings (SSSR count). The van der Waals surface area contributed by atoms with Gasteiger partial charge in [0.15, 0.2) is 6.61 Å². The third-order valence-electron chi connectivity index (χ3n) is 3.48. The molecule has 1 fully saturated rings. The third-order valence-corrected chi connectivity index (χ3v) is 4.10. The second-order valence-corrected chi connectivity index (χ2v) is 5.85. The van der Waals surface area contributed by atoms with Crippen LogP contribution in [0.25, 0.3) is 0 Å². The van der Waals surface area contributed by atoms with Gasteiger partial charge in [-0.1, -0.05) is 6.07 Å². The molecule has 1 heterocycles. The van der Waals surface area contributed by atoms with Gasteiger partial charge in [0.25, 0.3) is 5.91 Å². The predicted octanol–water partition coefficient (Wildman–Crippen LogP) is 2.30. The number of rotatable bonds is 4. The molecule has 1 atom stereocenters. The maximum atomic E-state index is 12.2. The smallest absolute Gasteiger partial charge is 0.328 e. The van der Waals surface area contributed by atoms with E-state index in [4.69, 9.17) is 9.47 Å². The van der Waals surface area contributed by atoms with Crippen LogP contribution in [0, 0.1) is 6.92 Å². The predicted molar refractivity (Wildman–Crippen MR) is 81.1 cm³/mol. The highest BCUT2D eigenvalue weighted by Gasteiger charge is 2.34. The van der Waals surface area contributed by atoms with Crippen molar-refractivity contribution < 1.29 is 19.1 Å². The summed E-state index contributed by atoms with van der Waals surface area (Å²) in [6.07, 6.45) is 1.45. The number of aryl methyl sites for hydroxylation is 1. The first-order valence-electron chi connectivity index (χ1n) is 6.79. The molecule has 0 aromatic heterocycles. The van der Waals surface area contributed by atoms with Crippen LogP contribution in [0.1, 0.15) is 18.4 Å². The zero-order valence-corrected chi connectivity index (χ0v) is 13.7. The van der Waals surface area contributed by atoms with Crippen LogP contribution in [0.15, 0.2) is 22.7 Å². The van der Waals surface area contributed by atoms with Crippen LogP contribution in [-0.2, 0) is 14.3 Å². The molecule has 0 radical (unpaired) electrons. The van der Waals surface area contributed by atoms with Crippen molar-refractivity contribution in [3.05, 3.63) is 28.2 Å². The molecule has 0 spiro atoms. The minimum absolute atomic E-state index is 0.0881. The van der Waals surface area contributed by atoms with Crippen molar-refractivity contribution in [2.75, 3.05) is 20.3 Å². The molecule has 1 aliphatic rings. The molecule has 1 aliphatic heterocycles. The molecule has 1 aromatic rings. The maximum absolute atomic E-state index is 12.2. The van der Waals surface area contributed by atoms with Gasteiger partial charge in [0.2, 0.25) is 0 Å². The Morgan fingerprint density at radius 3 is 2.86 bits per heavy atom. The lowest BCUT2D eigenvalue weighted by Gasteiger charge is -2.22.